The molecule has 0 amide bonds. The predicted octanol–water partition coefficient (Wildman–Crippen LogP) is 0.918. The Morgan fingerprint density at radius 1 is 1.50 bits per heavy atom. The Kier molecular flexibility index (Phi) is 5.02. The Morgan fingerprint density at radius 3 is 2.69 bits per heavy atom. The summed E-state index contributed by atoms with van der Waals surface area (Å²) in [5, 5.41) is 15.2. The van der Waals surface area contributed by atoms with Crippen molar-refractivity contribution in [1.29, 1.82) is 0 Å². The molecule has 0 radical (unpaired) electrons. The van der Waals surface area contributed by atoms with Crippen molar-refractivity contribution in [2.24, 2.45) is 16.3 Å². The zero-order chi connectivity index (χ0) is 12.0. The molecule has 5 nitrogen and oxygen atoms in total. The summed E-state index contributed by atoms with van der Waals surface area (Å²) in [7, 11) is 0. The van der Waals surface area contributed by atoms with Crippen LogP contribution >= 0.6 is 0 Å². The molecule has 1 aliphatic rings. The van der Waals surface area contributed by atoms with Crippen molar-refractivity contribution in [3.05, 3.63) is 0 Å². The second-order valence-corrected chi connectivity index (χ2v) is 4.96. The molecule has 0 atom stereocenters. The molecule has 0 bridgehead atoms. The zero-order valence-corrected chi connectivity index (χ0v) is 10.2. The summed E-state index contributed by atoms with van der Waals surface area (Å²) in [5.41, 5.74) is 5.37. The van der Waals surface area contributed by atoms with Crippen LogP contribution in [0.4, 0.5) is 0 Å². The van der Waals surface area contributed by atoms with Gasteiger partial charge in [-0.3, -0.25) is 0 Å². The van der Waals surface area contributed by atoms with Gasteiger partial charge in [0.05, 0.1) is 0 Å². The lowest BCUT2D eigenvalue weighted by molar-refractivity contribution is 0.0776. The molecule has 5 heteroatoms. The van der Waals surface area contributed by atoms with Crippen molar-refractivity contribution in [2.45, 2.75) is 39.2 Å². The van der Waals surface area contributed by atoms with E-state index in [1.807, 2.05) is 13.8 Å². The normalized spacial score (nSPS) is 20.0. The van der Waals surface area contributed by atoms with E-state index >= 15 is 0 Å². The molecule has 0 aromatic rings. The van der Waals surface area contributed by atoms with E-state index in [2.05, 4.69) is 10.5 Å². The van der Waals surface area contributed by atoms with E-state index in [1.54, 1.807) is 0 Å². The van der Waals surface area contributed by atoms with Crippen molar-refractivity contribution in [2.75, 3.05) is 19.8 Å². The van der Waals surface area contributed by atoms with Gasteiger partial charge in [0.25, 0.3) is 0 Å². The molecule has 0 aromatic heterocycles. The lowest BCUT2D eigenvalue weighted by atomic mass is 9.88. The SMILES string of the molecule is CC(C)(CCNC1CCOCC1)C(N)=NO. The zero-order valence-electron chi connectivity index (χ0n) is 10.2. The molecule has 16 heavy (non-hydrogen) atoms. The summed E-state index contributed by atoms with van der Waals surface area (Å²) in [5.74, 6) is 0.293. The van der Waals surface area contributed by atoms with E-state index in [9.17, 15) is 0 Å². The first-order valence-electron chi connectivity index (χ1n) is 5.85. The Hall–Kier alpha value is -0.810. The average Bonchev–Trinajstić information content (AvgIpc) is 2.29. The number of nitrogens with two attached hydrogens (primary N) is 1. The van der Waals surface area contributed by atoms with Crippen LogP contribution < -0.4 is 11.1 Å². The molecule has 1 saturated heterocycles. The minimum Gasteiger partial charge on any atom is -0.409 e. The highest BCUT2D eigenvalue weighted by molar-refractivity contribution is 5.85. The topological polar surface area (TPSA) is 79.9 Å². The van der Waals surface area contributed by atoms with Gasteiger partial charge in [0.1, 0.15) is 5.84 Å². The lowest BCUT2D eigenvalue weighted by Crippen LogP contribution is -2.39. The Morgan fingerprint density at radius 2 is 2.12 bits per heavy atom. The monoisotopic (exact) mass is 229 g/mol. The molecule has 0 spiro atoms. The van der Waals surface area contributed by atoms with Crippen LogP contribution in [0, 0.1) is 5.41 Å². The first-order valence-corrected chi connectivity index (χ1v) is 5.85. The van der Waals surface area contributed by atoms with Crippen molar-refractivity contribution < 1.29 is 9.94 Å². The van der Waals surface area contributed by atoms with Crippen LogP contribution in [0.15, 0.2) is 5.16 Å². The predicted molar refractivity (Wildman–Crippen MR) is 63.7 cm³/mol. The van der Waals surface area contributed by atoms with E-state index in [-0.39, 0.29) is 5.41 Å². The molecule has 4 N–H and O–H groups in total. The highest BCUT2D eigenvalue weighted by Crippen LogP contribution is 2.19. The number of nitrogens with one attached hydrogen (secondary N) is 1. The second kappa shape index (κ2) is 6.06. The van der Waals surface area contributed by atoms with Crippen LogP contribution in [0.2, 0.25) is 0 Å². The van der Waals surface area contributed by atoms with Crippen LogP contribution in [0.25, 0.3) is 0 Å². The van der Waals surface area contributed by atoms with Gasteiger partial charge in [-0.05, 0) is 25.8 Å². The van der Waals surface area contributed by atoms with Gasteiger partial charge in [-0.1, -0.05) is 19.0 Å². The van der Waals surface area contributed by atoms with Gasteiger partial charge >= 0.3 is 0 Å². The first-order chi connectivity index (χ1) is 7.56. The van der Waals surface area contributed by atoms with E-state index in [4.69, 9.17) is 15.7 Å². The molecule has 0 unspecified atom stereocenters. The highest BCUT2D eigenvalue weighted by Gasteiger charge is 2.23. The van der Waals surface area contributed by atoms with E-state index in [0.29, 0.717) is 11.9 Å². The number of oxime groups is 1. The van der Waals surface area contributed by atoms with Crippen LogP contribution in [0.3, 0.4) is 0 Å². The summed E-state index contributed by atoms with van der Waals surface area (Å²) in [4.78, 5) is 0. The molecule has 94 valence electrons. The number of nitrogens with zero attached hydrogens (tertiary/aromatic N) is 1. The maximum Gasteiger partial charge on any atom is 0.144 e. The minimum absolute atomic E-state index is 0.257. The summed E-state index contributed by atoms with van der Waals surface area (Å²) < 4.78 is 5.29. The average molecular weight is 229 g/mol. The number of hydrogen-bond donors (Lipinski definition) is 3. The van der Waals surface area contributed by atoms with Crippen molar-refractivity contribution in [1.82, 2.24) is 5.32 Å². The van der Waals surface area contributed by atoms with Crippen LogP contribution in [0.5, 0.6) is 0 Å². The molecule has 0 saturated carbocycles. The maximum atomic E-state index is 8.64. The van der Waals surface area contributed by atoms with E-state index in [0.717, 1.165) is 39.0 Å². The lowest BCUT2D eigenvalue weighted by Gasteiger charge is -2.27. The third kappa shape index (κ3) is 3.98. The van der Waals surface area contributed by atoms with Crippen molar-refractivity contribution in [3.8, 4) is 0 Å². The van der Waals surface area contributed by atoms with Gasteiger partial charge in [-0.2, -0.15) is 0 Å². The van der Waals surface area contributed by atoms with Gasteiger partial charge < -0.3 is 21.0 Å². The second-order valence-electron chi connectivity index (χ2n) is 4.96. The van der Waals surface area contributed by atoms with Gasteiger partial charge in [-0.15, -0.1) is 0 Å². The fraction of sp³-hybridized carbons (Fsp3) is 0.909. The van der Waals surface area contributed by atoms with Gasteiger partial charge in [0.2, 0.25) is 0 Å². The first kappa shape index (κ1) is 13.3. The van der Waals surface area contributed by atoms with Crippen molar-refractivity contribution >= 4 is 5.84 Å². The molecule has 0 aliphatic carbocycles. The smallest absolute Gasteiger partial charge is 0.144 e. The molecule has 1 rings (SSSR count). The molecule has 1 heterocycles. The Balaban J connectivity index is 2.23. The summed E-state index contributed by atoms with van der Waals surface area (Å²) >= 11 is 0. The van der Waals surface area contributed by atoms with Crippen molar-refractivity contribution in [3.63, 3.8) is 0 Å². The molecule has 1 aliphatic heterocycles. The van der Waals surface area contributed by atoms with Crippen LogP contribution in [-0.2, 0) is 4.74 Å². The number of rotatable bonds is 5. The molecule has 1 fully saturated rings. The Bertz CT molecular complexity index is 235. The summed E-state index contributed by atoms with van der Waals surface area (Å²) in [6, 6.07) is 0.553. The van der Waals surface area contributed by atoms with E-state index in [1.165, 1.54) is 0 Å². The standard InChI is InChI=1S/C11H23N3O2/c1-11(2,10(12)14-15)5-6-13-9-3-7-16-8-4-9/h9,13,15H,3-8H2,1-2H3,(H2,12,14). The molecule has 0 aromatic carbocycles. The van der Waals surface area contributed by atoms with E-state index < -0.39 is 0 Å². The van der Waals surface area contributed by atoms with Crippen LogP contribution in [0.1, 0.15) is 33.1 Å². The third-order valence-corrected chi connectivity index (χ3v) is 3.21. The largest absolute Gasteiger partial charge is 0.409 e. The minimum atomic E-state index is -0.257. The van der Waals surface area contributed by atoms with Gasteiger partial charge in [-0.25, -0.2) is 0 Å². The number of hydrogen-bond acceptors (Lipinski definition) is 4. The molecular formula is C11H23N3O2. The third-order valence-electron chi connectivity index (χ3n) is 3.21. The highest BCUT2D eigenvalue weighted by atomic mass is 16.5. The van der Waals surface area contributed by atoms with Gasteiger partial charge in [0.15, 0.2) is 0 Å². The molecular weight excluding hydrogens is 206 g/mol. The summed E-state index contributed by atoms with van der Waals surface area (Å²) in [6.45, 7) is 6.54. The van der Waals surface area contributed by atoms with Gasteiger partial charge in [0, 0.05) is 24.7 Å². The summed E-state index contributed by atoms with van der Waals surface area (Å²) in [6.07, 6.45) is 3.01. The fourth-order valence-electron chi connectivity index (χ4n) is 1.75. The quantitative estimate of drug-likeness (QED) is 0.283. The number of ether oxygens (including phenoxy) is 1. The maximum absolute atomic E-state index is 8.64. The Labute approximate surface area is 97.0 Å². The fourth-order valence-corrected chi connectivity index (χ4v) is 1.75. The van der Waals surface area contributed by atoms with Crippen LogP contribution in [-0.4, -0.2) is 36.8 Å². The number of amidine groups is 1.